The largest absolute Gasteiger partial charge is 0.484 e. The number of nitrogens with one attached hydrogen (secondary N) is 2. The van der Waals surface area contributed by atoms with Crippen LogP contribution in [0.4, 0.5) is 11.4 Å². The van der Waals surface area contributed by atoms with Crippen molar-refractivity contribution >= 4 is 29.1 Å². The Bertz CT molecular complexity index is 1200. The number of carbonyl (C=O) groups is 3. The molecule has 1 aliphatic heterocycles. The van der Waals surface area contributed by atoms with Crippen molar-refractivity contribution in [2.45, 2.75) is 26.7 Å². The van der Waals surface area contributed by atoms with Gasteiger partial charge in [0.1, 0.15) is 5.75 Å². The van der Waals surface area contributed by atoms with E-state index in [2.05, 4.69) is 10.6 Å². The van der Waals surface area contributed by atoms with Crippen LogP contribution >= 0.6 is 0 Å². The summed E-state index contributed by atoms with van der Waals surface area (Å²) in [4.78, 5) is 39.1. The fourth-order valence-electron chi connectivity index (χ4n) is 4.31. The molecule has 1 unspecified atom stereocenters. The highest BCUT2D eigenvalue weighted by molar-refractivity contribution is 6.00. The smallest absolute Gasteiger partial charge is 0.262 e. The lowest BCUT2D eigenvalue weighted by atomic mass is 10.1. The molecular formula is C29H31N3O4. The number of carbonyl (C=O) groups excluding carboxylic acids is 3. The minimum Gasteiger partial charge on any atom is -0.484 e. The third-order valence-electron chi connectivity index (χ3n) is 6.32. The first kappa shape index (κ1) is 25.0. The molecule has 0 aliphatic carbocycles. The first-order valence-corrected chi connectivity index (χ1v) is 12.1. The fraction of sp³-hybridized carbons (Fsp3) is 0.276. The molecule has 1 fully saturated rings. The van der Waals surface area contributed by atoms with Crippen LogP contribution in [0.15, 0.2) is 72.8 Å². The Kier molecular flexibility index (Phi) is 8.00. The van der Waals surface area contributed by atoms with Crippen LogP contribution in [0.2, 0.25) is 0 Å². The lowest BCUT2D eigenvalue weighted by Crippen LogP contribution is -2.34. The summed E-state index contributed by atoms with van der Waals surface area (Å²) < 4.78 is 5.62. The van der Waals surface area contributed by atoms with Crippen LogP contribution < -0.4 is 20.3 Å². The van der Waals surface area contributed by atoms with Gasteiger partial charge in [-0.2, -0.15) is 0 Å². The average molecular weight is 486 g/mol. The lowest BCUT2D eigenvalue weighted by molar-refractivity contribution is -0.126. The second-order valence-electron chi connectivity index (χ2n) is 9.03. The van der Waals surface area contributed by atoms with Gasteiger partial charge < -0.3 is 20.3 Å². The van der Waals surface area contributed by atoms with Crippen LogP contribution in [0.5, 0.6) is 5.75 Å². The molecule has 0 saturated carbocycles. The molecule has 186 valence electrons. The number of hydrogen-bond acceptors (Lipinski definition) is 4. The van der Waals surface area contributed by atoms with Gasteiger partial charge in [0.05, 0.1) is 5.92 Å². The molecule has 1 heterocycles. The molecule has 7 heteroatoms. The maximum Gasteiger partial charge on any atom is 0.262 e. The Labute approximate surface area is 211 Å². The molecule has 3 amide bonds. The summed E-state index contributed by atoms with van der Waals surface area (Å²) >= 11 is 0. The first-order chi connectivity index (χ1) is 17.4. The average Bonchev–Trinajstić information content (AvgIpc) is 3.27. The molecule has 0 spiro atoms. The van der Waals surface area contributed by atoms with Crippen LogP contribution in [0.1, 0.15) is 23.1 Å². The van der Waals surface area contributed by atoms with Gasteiger partial charge in [-0.3, -0.25) is 14.4 Å². The zero-order chi connectivity index (χ0) is 25.5. The molecule has 3 aromatic carbocycles. The third-order valence-corrected chi connectivity index (χ3v) is 6.32. The maximum atomic E-state index is 12.6. The van der Waals surface area contributed by atoms with E-state index >= 15 is 0 Å². The zero-order valence-corrected chi connectivity index (χ0v) is 20.6. The molecule has 0 bridgehead atoms. The monoisotopic (exact) mass is 485 g/mol. The van der Waals surface area contributed by atoms with Gasteiger partial charge in [0.15, 0.2) is 6.61 Å². The first-order valence-electron chi connectivity index (χ1n) is 12.1. The van der Waals surface area contributed by atoms with Gasteiger partial charge in [0.2, 0.25) is 11.8 Å². The van der Waals surface area contributed by atoms with E-state index in [1.807, 2.05) is 62.4 Å². The minimum atomic E-state index is -0.377. The van der Waals surface area contributed by atoms with E-state index in [1.54, 1.807) is 29.2 Å². The summed E-state index contributed by atoms with van der Waals surface area (Å²) in [5, 5.41) is 5.85. The van der Waals surface area contributed by atoms with Crippen molar-refractivity contribution in [2.75, 3.05) is 29.9 Å². The van der Waals surface area contributed by atoms with Crippen LogP contribution in [0, 0.1) is 19.8 Å². The van der Waals surface area contributed by atoms with Gasteiger partial charge >= 0.3 is 0 Å². The number of amides is 3. The molecule has 4 rings (SSSR count). The summed E-state index contributed by atoms with van der Waals surface area (Å²) in [5.41, 5.74) is 4.64. The van der Waals surface area contributed by atoms with Crippen LogP contribution in [0.25, 0.3) is 0 Å². The number of rotatable bonds is 9. The number of nitrogens with zero attached hydrogens (tertiary/aromatic N) is 1. The lowest BCUT2D eigenvalue weighted by Gasteiger charge is -2.17. The number of benzene rings is 3. The zero-order valence-electron chi connectivity index (χ0n) is 20.6. The maximum absolute atomic E-state index is 12.6. The van der Waals surface area contributed by atoms with E-state index in [0.717, 1.165) is 28.8 Å². The summed E-state index contributed by atoms with van der Waals surface area (Å²) in [6.07, 6.45) is 0.939. The minimum absolute atomic E-state index is 0.0835. The second-order valence-corrected chi connectivity index (χ2v) is 9.03. The molecule has 0 aromatic heterocycles. The van der Waals surface area contributed by atoms with Gasteiger partial charge in [-0.25, -0.2) is 0 Å². The van der Waals surface area contributed by atoms with Crippen molar-refractivity contribution in [2.24, 2.45) is 5.92 Å². The van der Waals surface area contributed by atoms with Crippen molar-refractivity contribution < 1.29 is 19.1 Å². The molecule has 1 aliphatic rings. The van der Waals surface area contributed by atoms with E-state index in [9.17, 15) is 14.4 Å². The summed E-state index contributed by atoms with van der Waals surface area (Å²) in [6.45, 7) is 4.65. The standard InChI is InChI=1S/C29H31N3O4/c1-20-7-6-8-21(2)28(20)31-26(33)19-36-25-13-11-24(12-14-25)32-18-23(17-27(32)34)29(35)30-16-15-22-9-4-3-5-10-22/h3-14,23H,15-19H2,1-2H3,(H,30,35)(H,31,33). The van der Waals surface area contributed by atoms with E-state index in [1.165, 1.54) is 0 Å². The Morgan fingerprint density at radius 2 is 1.64 bits per heavy atom. The van der Waals surface area contributed by atoms with Gasteiger partial charge in [0.25, 0.3) is 5.91 Å². The molecule has 7 nitrogen and oxygen atoms in total. The van der Waals surface area contributed by atoms with Crippen molar-refractivity contribution in [3.63, 3.8) is 0 Å². The molecule has 36 heavy (non-hydrogen) atoms. The summed E-state index contributed by atoms with van der Waals surface area (Å²) in [7, 11) is 0. The van der Waals surface area contributed by atoms with Crippen LogP contribution in [-0.4, -0.2) is 37.4 Å². The number of aryl methyl sites for hydroxylation is 2. The van der Waals surface area contributed by atoms with Gasteiger partial charge in [0, 0.05) is 30.9 Å². The van der Waals surface area contributed by atoms with E-state index in [0.29, 0.717) is 24.5 Å². The molecule has 1 atom stereocenters. The SMILES string of the molecule is Cc1cccc(C)c1NC(=O)COc1ccc(N2CC(C(=O)NCCc3ccccc3)CC2=O)cc1. The highest BCUT2D eigenvalue weighted by Crippen LogP contribution is 2.27. The van der Waals surface area contributed by atoms with Crippen molar-refractivity contribution in [3.05, 3.63) is 89.5 Å². The number of anilines is 2. The van der Waals surface area contributed by atoms with Crippen molar-refractivity contribution in [1.82, 2.24) is 5.32 Å². The third kappa shape index (κ3) is 6.30. The van der Waals surface area contributed by atoms with E-state index in [-0.39, 0.29) is 36.7 Å². The van der Waals surface area contributed by atoms with Gasteiger partial charge in [-0.15, -0.1) is 0 Å². The predicted octanol–water partition coefficient (Wildman–Crippen LogP) is 4.03. The Morgan fingerprint density at radius 3 is 2.33 bits per heavy atom. The Morgan fingerprint density at radius 1 is 0.944 bits per heavy atom. The number of ether oxygens (including phenoxy) is 1. The molecular weight excluding hydrogens is 454 g/mol. The number of para-hydroxylation sites is 1. The van der Waals surface area contributed by atoms with Gasteiger partial charge in [-0.05, 0) is 61.2 Å². The number of hydrogen-bond donors (Lipinski definition) is 2. The molecule has 1 saturated heterocycles. The van der Waals surface area contributed by atoms with Crippen LogP contribution in [-0.2, 0) is 20.8 Å². The highest BCUT2D eigenvalue weighted by Gasteiger charge is 2.34. The highest BCUT2D eigenvalue weighted by atomic mass is 16.5. The molecule has 2 N–H and O–H groups in total. The Balaban J connectivity index is 1.25. The topological polar surface area (TPSA) is 87.7 Å². The second kappa shape index (κ2) is 11.5. The van der Waals surface area contributed by atoms with E-state index in [4.69, 9.17) is 4.74 Å². The van der Waals surface area contributed by atoms with Crippen LogP contribution in [0.3, 0.4) is 0 Å². The fourth-order valence-corrected chi connectivity index (χ4v) is 4.31. The normalized spacial score (nSPS) is 15.0. The summed E-state index contributed by atoms with van der Waals surface area (Å²) in [6, 6.07) is 22.8. The summed E-state index contributed by atoms with van der Waals surface area (Å²) in [5.74, 6) is -0.279. The van der Waals surface area contributed by atoms with Crippen molar-refractivity contribution in [1.29, 1.82) is 0 Å². The van der Waals surface area contributed by atoms with E-state index < -0.39 is 0 Å². The molecule has 0 radical (unpaired) electrons. The molecule has 3 aromatic rings. The van der Waals surface area contributed by atoms with Crippen molar-refractivity contribution in [3.8, 4) is 5.75 Å². The predicted molar refractivity (Wildman–Crippen MR) is 140 cm³/mol. The van der Waals surface area contributed by atoms with Gasteiger partial charge in [-0.1, -0.05) is 48.5 Å². The quantitative estimate of drug-likeness (QED) is 0.479. The Hall–Kier alpha value is -4.13.